The first-order chi connectivity index (χ1) is 5.66. The Bertz CT molecular complexity index is 179. The van der Waals surface area contributed by atoms with Crippen LogP contribution in [-0.2, 0) is 9.47 Å². The largest absolute Gasteiger partial charge is 0.350 e. The quantitative estimate of drug-likeness (QED) is 0.579. The molecule has 78 valence electrons. The summed E-state index contributed by atoms with van der Waals surface area (Å²) in [6, 6.07) is 0. The first kappa shape index (κ1) is 11.0. The maximum Gasteiger partial charge on any atom is 0.162 e. The van der Waals surface area contributed by atoms with E-state index in [0.717, 1.165) is 13.2 Å². The SMILES string of the molecule is CC1(C)OCC(C)(C(C)(C)C)CO1. The lowest BCUT2D eigenvalue weighted by Gasteiger charge is -2.48. The van der Waals surface area contributed by atoms with Crippen LogP contribution in [0.5, 0.6) is 0 Å². The molecule has 0 unspecified atom stereocenters. The number of hydrogen-bond acceptors (Lipinski definition) is 2. The Hall–Kier alpha value is -0.0800. The molecule has 1 fully saturated rings. The van der Waals surface area contributed by atoms with Gasteiger partial charge < -0.3 is 9.47 Å². The molecule has 2 nitrogen and oxygen atoms in total. The van der Waals surface area contributed by atoms with Gasteiger partial charge in [-0.15, -0.1) is 0 Å². The summed E-state index contributed by atoms with van der Waals surface area (Å²) in [5.41, 5.74) is 0.353. The van der Waals surface area contributed by atoms with Gasteiger partial charge in [0.2, 0.25) is 0 Å². The monoisotopic (exact) mass is 186 g/mol. The van der Waals surface area contributed by atoms with Crippen LogP contribution in [0.2, 0.25) is 0 Å². The Morgan fingerprint density at radius 1 is 0.923 bits per heavy atom. The third-order valence-corrected chi connectivity index (χ3v) is 3.29. The predicted octanol–water partition coefficient (Wildman–Crippen LogP) is 2.82. The molecule has 0 radical (unpaired) electrons. The zero-order valence-corrected chi connectivity index (χ0v) is 9.73. The molecule has 1 rings (SSSR count). The second-order valence-electron chi connectivity index (χ2n) is 5.79. The zero-order valence-electron chi connectivity index (χ0n) is 9.73. The second-order valence-corrected chi connectivity index (χ2v) is 5.79. The maximum absolute atomic E-state index is 5.69. The van der Waals surface area contributed by atoms with Gasteiger partial charge in [-0.2, -0.15) is 0 Å². The van der Waals surface area contributed by atoms with Crippen molar-refractivity contribution in [1.82, 2.24) is 0 Å². The highest BCUT2D eigenvalue weighted by Gasteiger charge is 2.44. The van der Waals surface area contributed by atoms with E-state index in [1.165, 1.54) is 0 Å². The van der Waals surface area contributed by atoms with Crippen molar-refractivity contribution in [2.45, 2.75) is 47.3 Å². The number of rotatable bonds is 0. The zero-order chi connectivity index (χ0) is 10.3. The van der Waals surface area contributed by atoms with Gasteiger partial charge in [0.05, 0.1) is 13.2 Å². The summed E-state index contributed by atoms with van der Waals surface area (Å²) in [4.78, 5) is 0. The summed E-state index contributed by atoms with van der Waals surface area (Å²) in [7, 11) is 0. The molecule has 0 bridgehead atoms. The van der Waals surface area contributed by atoms with E-state index in [4.69, 9.17) is 9.47 Å². The van der Waals surface area contributed by atoms with Crippen molar-refractivity contribution in [3.8, 4) is 0 Å². The fourth-order valence-corrected chi connectivity index (χ4v) is 1.18. The minimum absolute atomic E-state index is 0.127. The minimum Gasteiger partial charge on any atom is -0.350 e. The molecule has 2 heteroatoms. The van der Waals surface area contributed by atoms with Gasteiger partial charge in [-0.25, -0.2) is 0 Å². The molecule has 13 heavy (non-hydrogen) atoms. The maximum atomic E-state index is 5.69. The van der Waals surface area contributed by atoms with Crippen LogP contribution >= 0.6 is 0 Å². The summed E-state index contributed by atoms with van der Waals surface area (Å²) in [5, 5.41) is 0. The average molecular weight is 186 g/mol. The highest BCUT2D eigenvalue weighted by atomic mass is 16.7. The van der Waals surface area contributed by atoms with E-state index in [2.05, 4.69) is 27.7 Å². The van der Waals surface area contributed by atoms with Crippen molar-refractivity contribution in [3.05, 3.63) is 0 Å². The van der Waals surface area contributed by atoms with E-state index in [0.29, 0.717) is 0 Å². The average Bonchev–Trinajstić information content (AvgIpc) is 1.94. The molecular formula is C11H22O2. The lowest BCUT2D eigenvalue weighted by atomic mass is 9.68. The fourth-order valence-electron chi connectivity index (χ4n) is 1.18. The van der Waals surface area contributed by atoms with Crippen molar-refractivity contribution >= 4 is 0 Å². The summed E-state index contributed by atoms with van der Waals surface area (Å²) < 4.78 is 11.4. The molecular weight excluding hydrogens is 164 g/mol. The Labute approximate surface area is 81.6 Å². The lowest BCUT2D eigenvalue weighted by molar-refractivity contribution is -0.297. The van der Waals surface area contributed by atoms with Crippen molar-refractivity contribution in [1.29, 1.82) is 0 Å². The van der Waals surface area contributed by atoms with Gasteiger partial charge in [-0.3, -0.25) is 0 Å². The van der Waals surface area contributed by atoms with E-state index in [-0.39, 0.29) is 10.8 Å². The molecule has 1 saturated heterocycles. The molecule has 0 atom stereocenters. The summed E-state index contributed by atoms with van der Waals surface area (Å²) in [6.07, 6.45) is 0. The minimum atomic E-state index is -0.398. The van der Waals surface area contributed by atoms with Crippen LogP contribution < -0.4 is 0 Å². The highest BCUT2D eigenvalue weighted by Crippen LogP contribution is 2.42. The van der Waals surface area contributed by atoms with Gasteiger partial charge >= 0.3 is 0 Å². The van der Waals surface area contributed by atoms with E-state index < -0.39 is 5.79 Å². The van der Waals surface area contributed by atoms with Crippen LogP contribution in [0.15, 0.2) is 0 Å². The molecule has 0 saturated carbocycles. The Morgan fingerprint density at radius 3 is 1.62 bits per heavy atom. The Balaban J connectivity index is 2.68. The van der Waals surface area contributed by atoms with Crippen LogP contribution in [0.1, 0.15) is 41.5 Å². The lowest BCUT2D eigenvalue weighted by Crippen LogP contribution is -2.50. The van der Waals surface area contributed by atoms with E-state index in [1.807, 2.05) is 13.8 Å². The van der Waals surface area contributed by atoms with Gasteiger partial charge in [0.1, 0.15) is 0 Å². The van der Waals surface area contributed by atoms with Gasteiger partial charge in [0.15, 0.2) is 5.79 Å². The molecule has 1 heterocycles. The van der Waals surface area contributed by atoms with Gasteiger partial charge in [-0.1, -0.05) is 27.7 Å². The fraction of sp³-hybridized carbons (Fsp3) is 1.00. The molecule has 0 amide bonds. The summed E-state index contributed by atoms with van der Waals surface area (Å²) >= 11 is 0. The topological polar surface area (TPSA) is 18.5 Å². The Kier molecular flexibility index (Phi) is 2.50. The molecule has 0 N–H and O–H groups in total. The first-order valence-electron chi connectivity index (χ1n) is 4.94. The molecule has 1 aliphatic heterocycles. The van der Waals surface area contributed by atoms with Crippen molar-refractivity contribution in [2.24, 2.45) is 10.8 Å². The van der Waals surface area contributed by atoms with E-state index >= 15 is 0 Å². The molecule has 0 aromatic rings. The number of hydrogen-bond donors (Lipinski definition) is 0. The summed E-state index contributed by atoms with van der Waals surface area (Å²) in [5.74, 6) is -0.398. The smallest absolute Gasteiger partial charge is 0.162 e. The van der Waals surface area contributed by atoms with Crippen LogP contribution in [0.4, 0.5) is 0 Å². The summed E-state index contributed by atoms with van der Waals surface area (Å²) in [6.45, 7) is 14.4. The van der Waals surface area contributed by atoms with Gasteiger partial charge in [0, 0.05) is 5.41 Å². The second kappa shape index (κ2) is 2.96. The number of ether oxygens (including phenoxy) is 2. The van der Waals surface area contributed by atoms with Crippen LogP contribution in [0.3, 0.4) is 0 Å². The van der Waals surface area contributed by atoms with Crippen molar-refractivity contribution < 1.29 is 9.47 Å². The standard InChI is InChI=1S/C11H22O2/c1-9(2,3)11(6)7-12-10(4,5)13-8-11/h7-8H2,1-6H3. The highest BCUT2D eigenvalue weighted by molar-refractivity contribution is 4.89. The van der Waals surface area contributed by atoms with E-state index in [9.17, 15) is 0 Å². The molecule has 0 spiro atoms. The Morgan fingerprint density at radius 2 is 1.31 bits per heavy atom. The first-order valence-corrected chi connectivity index (χ1v) is 4.94. The van der Waals surface area contributed by atoms with Crippen LogP contribution in [0.25, 0.3) is 0 Å². The van der Waals surface area contributed by atoms with Crippen LogP contribution in [0, 0.1) is 10.8 Å². The molecule has 0 aromatic carbocycles. The molecule has 1 aliphatic rings. The normalized spacial score (nSPS) is 27.2. The third-order valence-electron chi connectivity index (χ3n) is 3.29. The van der Waals surface area contributed by atoms with Gasteiger partial charge in [-0.05, 0) is 19.3 Å². The van der Waals surface area contributed by atoms with E-state index in [1.54, 1.807) is 0 Å². The molecule has 0 aromatic heterocycles. The van der Waals surface area contributed by atoms with Crippen molar-refractivity contribution in [3.63, 3.8) is 0 Å². The third kappa shape index (κ3) is 2.23. The van der Waals surface area contributed by atoms with Gasteiger partial charge in [0.25, 0.3) is 0 Å². The molecule has 0 aliphatic carbocycles. The van der Waals surface area contributed by atoms with Crippen LogP contribution in [-0.4, -0.2) is 19.0 Å². The predicted molar refractivity (Wildman–Crippen MR) is 53.5 cm³/mol. The van der Waals surface area contributed by atoms with Crippen molar-refractivity contribution in [2.75, 3.05) is 13.2 Å².